The molecule has 1 aliphatic heterocycles. The zero-order valence-corrected chi connectivity index (χ0v) is 19.0. The molecule has 0 spiro atoms. The summed E-state index contributed by atoms with van der Waals surface area (Å²) in [6.45, 7) is 5.02. The maximum absolute atomic E-state index is 12.3. The van der Waals surface area contributed by atoms with Gasteiger partial charge in [-0.1, -0.05) is 19.9 Å². The number of fused-ring (bicyclic) bond motifs is 6. The molecule has 1 amide bonds. The zero-order chi connectivity index (χ0) is 21.4. The Kier molecular flexibility index (Phi) is 4.19. The van der Waals surface area contributed by atoms with Crippen molar-refractivity contribution in [2.45, 2.75) is 64.8 Å². The number of H-pyrrole nitrogens is 1. The lowest BCUT2D eigenvalue weighted by Crippen LogP contribution is -2.59. The number of hydrogen-bond acceptors (Lipinski definition) is 3. The lowest BCUT2D eigenvalue weighted by atomic mass is 9.47. The largest absolute Gasteiger partial charge is 0.342 e. The lowest BCUT2D eigenvalue weighted by molar-refractivity contribution is -0.138. The molecule has 164 valence electrons. The Bertz CT molecular complexity index is 1030. The van der Waals surface area contributed by atoms with E-state index in [0.29, 0.717) is 23.3 Å². The van der Waals surface area contributed by atoms with Gasteiger partial charge in [0.05, 0.1) is 11.7 Å². The van der Waals surface area contributed by atoms with E-state index in [1.807, 2.05) is 36.5 Å². The van der Waals surface area contributed by atoms with Crippen molar-refractivity contribution in [1.82, 2.24) is 19.9 Å². The number of amides is 1. The number of pyridine rings is 1. The SMILES string of the molecule is CN1C(=O)C=C[C@]2(C)[C@H]3CC[C@]4(C)[C@@H](Cc5nc6cnccc6[nH]5)CC[C@H]4[C@@H]3CC[C@@H]12. The van der Waals surface area contributed by atoms with Crippen LogP contribution >= 0.6 is 0 Å². The van der Waals surface area contributed by atoms with Gasteiger partial charge in [-0.25, -0.2) is 4.98 Å². The highest BCUT2D eigenvalue weighted by Gasteiger charge is 2.60. The Morgan fingerprint density at radius 1 is 1.16 bits per heavy atom. The summed E-state index contributed by atoms with van der Waals surface area (Å²) in [6.07, 6.45) is 16.6. The Morgan fingerprint density at radius 3 is 2.87 bits per heavy atom. The quantitative estimate of drug-likeness (QED) is 0.765. The van der Waals surface area contributed by atoms with Gasteiger partial charge >= 0.3 is 0 Å². The second-order valence-electron chi connectivity index (χ2n) is 11.2. The summed E-state index contributed by atoms with van der Waals surface area (Å²) in [5.41, 5.74) is 2.62. The van der Waals surface area contributed by atoms with Crippen molar-refractivity contribution in [2.75, 3.05) is 7.05 Å². The van der Waals surface area contributed by atoms with E-state index >= 15 is 0 Å². The van der Waals surface area contributed by atoms with Gasteiger partial charge in [0.2, 0.25) is 5.91 Å². The third-order valence-electron chi connectivity index (χ3n) is 10.1. The fraction of sp³-hybridized carbons (Fsp3) is 0.654. The maximum Gasteiger partial charge on any atom is 0.246 e. The molecule has 0 aromatic carbocycles. The van der Waals surface area contributed by atoms with Gasteiger partial charge in [-0.15, -0.1) is 0 Å². The molecule has 3 aliphatic carbocycles. The van der Waals surface area contributed by atoms with E-state index in [2.05, 4.69) is 29.9 Å². The van der Waals surface area contributed by atoms with Crippen LogP contribution in [0.15, 0.2) is 30.6 Å². The molecule has 2 aromatic rings. The van der Waals surface area contributed by atoms with Crippen molar-refractivity contribution in [3.05, 3.63) is 36.4 Å². The van der Waals surface area contributed by atoms with Crippen LogP contribution < -0.4 is 0 Å². The minimum Gasteiger partial charge on any atom is -0.342 e. The van der Waals surface area contributed by atoms with Gasteiger partial charge in [0.1, 0.15) is 11.3 Å². The zero-order valence-electron chi connectivity index (χ0n) is 19.0. The van der Waals surface area contributed by atoms with Crippen LogP contribution in [0.2, 0.25) is 0 Å². The normalized spacial score (nSPS) is 41.8. The van der Waals surface area contributed by atoms with Gasteiger partial charge in [0.15, 0.2) is 0 Å². The minimum atomic E-state index is 0.136. The predicted octanol–water partition coefficient (Wildman–Crippen LogP) is 4.76. The summed E-state index contributed by atoms with van der Waals surface area (Å²) < 4.78 is 0. The molecule has 0 bridgehead atoms. The molecule has 7 atom stereocenters. The van der Waals surface area contributed by atoms with Gasteiger partial charge in [-0.05, 0) is 79.8 Å². The molecule has 0 radical (unpaired) electrons. The average molecular weight is 419 g/mol. The van der Waals surface area contributed by atoms with Crippen LogP contribution in [-0.4, -0.2) is 38.8 Å². The van der Waals surface area contributed by atoms with Crippen molar-refractivity contribution in [2.24, 2.45) is 34.5 Å². The van der Waals surface area contributed by atoms with Crippen LogP contribution in [0.25, 0.3) is 11.0 Å². The number of carbonyl (C=O) groups is 1. The fourth-order valence-electron chi connectivity index (χ4n) is 8.42. The van der Waals surface area contributed by atoms with Crippen LogP contribution in [0.4, 0.5) is 0 Å². The first-order chi connectivity index (χ1) is 14.9. The summed E-state index contributed by atoms with van der Waals surface area (Å²) in [7, 11) is 2.01. The number of aromatic nitrogens is 3. The third kappa shape index (κ3) is 2.71. The number of nitrogens with one attached hydrogen (secondary N) is 1. The molecule has 1 N–H and O–H groups in total. The smallest absolute Gasteiger partial charge is 0.246 e. The molecule has 3 fully saturated rings. The Morgan fingerprint density at radius 2 is 2.03 bits per heavy atom. The van der Waals surface area contributed by atoms with Crippen molar-refractivity contribution >= 4 is 16.9 Å². The summed E-state index contributed by atoms with van der Waals surface area (Å²) in [4.78, 5) is 26.9. The fourth-order valence-corrected chi connectivity index (χ4v) is 8.42. The highest BCUT2D eigenvalue weighted by Crippen LogP contribution is 2.65. The summed E-state index contributed by atoms with van der Waals surface area (Å²) in [5.74, 6) is 4.30. The number of imidazole rings is 1. The molecule has 3 saturated carbocycles. The van der Waals surface area contributed by atoms with E-state index in [1.165, 1.54) is 32.1 Å². The monoisotopic (exact) mass is 418 g/mol. The summed E-state index contributed by atoms with van der Waals surface area (Å²) in [6, 6.07) is 2.39. The highest BCUT2D eigenvalue weighted by molar-refractivity contribution is 5.89. The molecule has 31 heavy (non-hydrogen) atoms. The van der Waals surface area contributed by atoms with Crippen molar-refractivity contribution in [1.29, 1.82) is 0 Å². The second kappa shape index (κ2) is 6.66. The molecule has 5 heteroatoms. The standard InChI is InChI=1S/C26H34N4O/c1-25-11-8-19-17(5-7-22-26(19,2)12-9-24(31)30(22)3)18(25)6-4-16(25)14-23-28-20-10-13-27-15-21(20)29-23/h9-10,12-13,15-19,22H,4-8,11,14H2,1-3H3,(H,28,29)/t16-,17+,18+,19+,22-,25-,26-/m1/s1. The third-order valence-corrected chi connectivity index (χ3v) is 10.1. The Labute approximate surface area is 184 Å². The van der Waals surface area contributed by atoms with Gasteiger partial charge in [-0.2, -0.15) is 0 Å². The molecule has 2 aromatic heterocycles. The van der Waals surface area contributed by atoms with Crippen LogP contribution in [-0.2, 0) is 11.2 Å². The second-order valence-corrected chi connectivity index (χ2v) is 11.2. The molecular weight excluding hydrogens is 384 g/mol. The van der Waals surface area contributed by atoms with Crippen molar-refractivity contribution in [3.63, 3.8) is 0 Å². The minimum absolute atomic E-state index is 0.136. The van der Waals surface area contributed by atoms with E-state index in [0.717, 1.165) is 41.5 Å². The first-order valence-electron chi connectivity index (χ1n) is 12.1. The van der Waals surface area contributed by atoms with Crippen LogP contribution in [0.3, 0.4) is 0 Å². The molecule has 4 aliphatic rings. The molecule has 6 rings (SSSR count). The molecule has 3 heterocycles. The first-order valence-corrected chi connectivity index (χ1v) is 12.1. The molecular formula is C26H34N4O. The van der Waals surface area contributed by atoms with Crippen LogP contribution in [0.5, 0.6) is 0 Å². The van der Waals surface area contributed by atoms with E-state index in [-0.39, 0.29) is 11.3 Å². The van der Waals surface area contributed by atoms with Crippen LogP contribution in [0, 0.1) is 34.5 Å². The van der Waals surface area contributed by atoms with Crippen molar-refractivity contribution in [3.8, 4) is 0 Å². The van der Waals surface area contributed by atoms with Gasteiger partial charge < -0.3 is 9.88 Å². The van der Waals surface area contributed by atoms with E-state index < -0.39 is 0 Å². The van der Waals surface area contributed by atoms with E-state index in [1.54, 1.807) is 0 Å². The van der Waals surface area contributed by atoms with E-state index in [9.17, 15) is 4.79 Å². The number of likely N-dealkylation sites (N-methyl/N-ethyl adjacent to an activating group) is 1. The average Bonchev–Trinajstić information content (AvgIpc) is 3.32. The topological polar surface area (TPSA) is 61.9 Å². The number of aromatic amines is 1. The van der Waals surface area contributed by atoms with E-state index in [4.69, 9.17) is 4.98 Å². The maximum atomic E-state index is 12.3. The van der Waals surface area contributed by atoms with Crippen molar-refractivity contribution < 1.29 is 4.79 Å². The predicted molar refractivity (Wildman–Crippen MR) is 121 cm³/mol. The molecule has 0 unspecified atom stereocenters. The number of hydrogen-bond donors (Lipinski definition) is 1. The highest BCUT2D eigenvalue weighted by atomic mass is 16.2. The Hall–Kier alpha value is -2.17. The Balaban J connectivity index is 1.26. The summed E-state index contributed by atoms with van der Waals surface area (Å²) >= 11 is 0. The molecule has 0 saturated heterocycles. The summed E-state index contributed by atoms with van der Waals surface area (Å²) in [5, 5.41) is 0. The lowest BCUT2D eigenvalue weighted by Gasteiger charge is -2.60. The molecule has 5 nitrogen and oxygen atoms in total. The number of carbonyl (C=O) groups excluding carboxylic acids is 1. The van der Waals surface area contributed by atoms with Crippen LogP contribution in [0.1, 0.15) is 58.2 Å². The van der Waals surface area contributed by atoms with Gasteiger partial charge in [-0.3, -0.25) is 9.78 Å². The number of rotatable bonds is 2. The first kappa shape index (κ1) is 19.5. The van der Waals surface area contributed by atoms with Gasteiger partial charge in [0, 0.05) is 31.1 Å². The van der Waals surface area contributed by atoms with Gasteiger partial charge in [0.25, 0.3) is 0 Å². The number of nitrogens with zero attached hydrogens (tertiary/aromatic N) is 3.